The maximum absolute atomic E-state index is 10.6. The van der Waals surface area contributed by atoms with Gasteiger partial charge in [-0.05, 0) is 0 Å². The Morgan fingerprint density at radius 3 is 0.653 bits per heavy atom. The molecule has 24 nitrogen and oxygen atoms in total. The van der Waals surface area contributed by atoms with E-state index in [9.17, 15) is 39.6 Å². The Morgan fingerprint density at radius 2 is 0.571 bits per heavy atom. The molecule has 4 rings (SSSR count). The Balaban J connectivity index is 0.000000623. The fourth-order valence-electron chi connectivity index (χ4n) is 3.26. The number of esters is 4. The number of aliphatic hydroxyl groups is 12. The largest absolute Gasteiger partial charge is 4.00 e. The molecular formula is C24H28MoO24. The first-order chi connectivity index (χ1) is 22.3. The van der Waals surface area contributed by atoms with E-state index in [4.69, 9.17) is 61.3 Å². The van der Waals surface area contributed by atoms with Gasteiger partial charge in [-0.3, -0.25) is 0 Å². The number of carbonyl (C=O) groups excluding carboxylic acids is 4. The van der Waals surface area contributed by atoms with Crippen molar-refractivity contribution in [3.8, 4) is 0 Å². The van der Waals surface area contributed by atoms with Crippen LogP contribution in [0, 0.1) is 0 Å². The maximum Gasteiger partial charge on any atom is 4.00 e. The third kappa shape index (κ3) is 10.8. The van der Waals surface area contributed by atoms with Crippen molar-refractivity contribution in [2.24, 2.45) is 0 Å². The number of ether oxygens (including phenoxy) is 4. The molecule has 0 bridgehead atoms. The summed E-state index contributed by atoms with van der Waals surface area (Å²) in [5, 5.41) is 147. The Hall–Kier alpha value is -4.39. The monoisotopic (exact) mass is 798 g/mol. The second kappa shape index (κ2) is 19.6. The van der Waals surface area contributed by atoms with Gasteiger partial charge in [-0.2, -0.15) is 0 Å². The molecule has 49 heavy (non-hydrogen) atoms. The van der Waals surface area contributed by atoms with E-state index in [2.05, 4.69) is 18.9 Å². The van der Waals surface area contributed by atoms with E-state index >= 15 is 0 Å². The van der Waals surface area contributed by atoms with Gasteiger partial charge in [0.1, 0.15) is 47.5 Å². The molecule has 4 aliphatic heterocycles. The minimum Gasteiger partial charge on any atom is -0.865 e. The van der Waals surface area contributed by atoms with Crippen LogP contribution in [0.3, 0.4) is 0 Å². The molecule has 0 radical (unpaired) electrons. The van der Waals surface area contributed by atoms with E-state index in [1.165, 1.54) is 0 Å². The molecule has 274 valence electrons. The van der Waals surface area contributed by atoms with Crippen LogP contribution in [-0.2, 0) is 59.2 Å². The summed E-state index contributed by atoms with van der Waals surface area (Å²) in [4.78, 5) is 41.9. The molecule has 12 N–H and O–H groups in total. The minimum absolute atomic E-state index is 0. The van der Waals surface area contributed by atoms with E-state index in [-0.39, 0.29) is 21.1 Å². The summed E-state index contributed by atoms with van der Waals surface area (Å²) < 4.78 is 17.0. The SMILES string of the molecule is O=C1O[C@H]([C@@H](O)CO)C(O)=C1[O-].O=C1O[C@H]([C@@H](O)CO)C(O)=C1[O-].O=C1O[C@H]([C@@H](O)CO)C(O)=C1[O-].O=C1O[C@H]([C@@H](O)CO)C(O)=C1[O-].[Mo+4]. The van der Waals surface area contributed by atoms with Crippen LogP contribution < -0.4 is 20.4 Å². The van der Waals surface area contributed by atoms with Crippen LogP contribution in [0.2, 0.25) is 0 Å². The summed E-state index contributed by atoms with van der Waals surface area (Å²) in [7, 11) is 0. The van der Waals surface area contributed by atoms with E-state index in [0.29, 0.717) is 0 Å². The smallest absolute Gasteiger partial charge is 0.865 e. The van der Waals surface area contributed by atoms with Gasteiger partial charge in [0.15, 0.2) is 24.4 Å². The van der Waals surface area contributed by atoms with E-state index in [0.717, 1.165) is 0 Å². The number of hydrogen-bond acceptors (Lipinski definition) is 24. The van der Waals surface area contributed by atoms with Gasteiger partial charge in [0.2, 0.25) is 0 Å². The Labute approximate surface area is 286 Å². The van der Waals surface area contributed by atoms with Crippen LogP contribution in [0.1, 0.15) is 0 Å². The summed E-state index contributed by atoms with van der Waals surface area (Å²) in [6.45, 7) is -2.80. The van der Waals surface area contributed by atoms with E-state index < -0.39 is 145 Å². The summed E-state index contributed by atoms with van der Waals surface area (Å²) >= 11 is 0. The van der Waals surface area contributed by atoms with E-state index in [1.807, 2.05) is 0 Å². The minimum atomic E-state index is -1.46. The van der Waals surface area contributed by atoms with Crippen molar-refractivity contribution in [1.82, 2.24) is 0 Å². The average Bonchev–Trinajstić information content (AvgIpc) is 3.70. The van der Waals surface area contributed by atoms with Crippen LogP contribution in [0.25, 0.3) is 0 Å². The molecule has 0 spiro atoms. The fraction of sp³-hybridized carbons (Fsp3) is 0.500. The maximum atomic E-state index is 10.6. The summed E-state index contributed by atoms with van der Waals surface area (Å²) in [6, 6.07) is 0. The molecule has 0 aromatic heterocycles. The summed E-state index contributed by atoms with van der Waals surface area (Å²) in [6.07, 6.45) is -11.5. The fourth-order valence-corrected chi connectivity index (χ4v) is 3.26. The third-order valence-electron chi connectivity index (χ3n) is 5.83. The molecule has 0 fully saturated rings. The predicted octanol–water partition coefficient (Wildman–Crippen LogP) is -10.4. The molecule has 0 saturated carbocycles. The number of rotatable bonds is 8. The van der Waals surface area contributed by atoms with Crippen LogP contribution in [0.4, 0.5) is 0 Å². The van der Waals surface area contributed by atoms with Crippen LogP contribution >= 0.6 is 0 Å². The molecule has 0 unspecified atom stereocenters. The quantitative estimate of drug-likeness (QED) is 0.0616. The van der Waals surface area contributed by atoms with Crippen molar-refractivity contribution in [2.45, 2.75) is 48.8 Å². The molecular weight excluding hydrogens is 768 g/mol. The van der Waals surface area contributed by atoms with Crippen LogP contribution in [0.5, 0.6) is 0 Å². The number of aliphatic hydroxyl groups excluding tert-OH is 12. The second-order valence-corrected chi connectivity index (χ2v) is 9.16. The van der Waals surface area contributed by atoms with Gasteiger partial charge >= 0.3 is 44.9 Å². The van der Waals surface area contributed by atoms with Crippen molar-refractivity contribution in [1.29, 1.82) is 0 Å². The molecule has 0 saturated heterocycles. The van der Waals surface area contributed by atoms with Gasteiger partial charge in [-0.1, -0.05) is 0 Å². The number of cyclic esters (lactones) is 4. The third-order valence-corrected chi connectivity index (χ3v) is 5.83. The van der Waals surface area contributed by atoms with Gasteiger partial charge in [0.05, 0.1) is 26.4 Å². The van der Waals surface area contributed by atoms with Crippen molar-refractivity contribution in [3.05, 3.63) is 46.1 Å². The normalized spacial score (nSPS) is 25.3. The molecule has 25 heteroatoms. The predicted molar refractivity (Wildman–Crippen MR) is 131 cm³/mol. The zero-order chi connectivity index (χ0) is 37.2. The van der Waals surface area contributed by atoms with Crippen LogP contribution in [-0.4, -0.2) is 160 Å². The van der Waals surface area contributed by atoms with Gasteiger partial charge in [0, 0.05) is 23.0 Å². The number of carbonyl (C=O) groups is 4. The number of hydrogen-bond donors (Lipinski definition) is 12. The zero-order valence-electron chi connectivity index (χ0n) is 24.1. The van der Waals surface area contributed by atoms with Gasteiger partial charge in [-0.15, -0.1) is 0 Å². The Bertz CT molecular complexity index is 1140. The van der Waals surface area contributed by atoms with Gasteiger partial charge in [0.25, 0.3) is 0 Å². The second-order valence-electron chi connectivity index (χ2n) is 9.16. The first kappa shape index (κ1) is 44.6. The van der Waals surface area contributed by atoms with Crippen molar-refractivity contribution < 1.29 is 141 Å². The van der Waals surface area contributed by atoms with Crippen molar-refractivity contribution in [2.75, 3.05) is 26.4 Å². The molecule has 4 heterocycles. The van der Waals surface area contributed by atoms with Crippen molar-refractivity contribution in [3.63, 3.8) is 0 Å². The van der Waals surface area contributed by atoms with Gasteiger partial charge in [-0.25, -0.2) is 19.2 Å². The molecule has 0 aromatic rings. The average molecular weight is 796 g/mol. The first-order valence-corrected chi connectivity index (χ1v) is 12.7. The Kier molecular flexibility index (Phi) is 17.8. The first-order valence-electron chi connectivity index (χ1n) is 12.7. The summed E-state index contributed by atoms with van der Waals surface area (Å²) in [5.74, 6) is -13.0. The zero-order valence-corrected chi connectivity index (χ0v) is 26.1. The van der Waals surface area contributed by atoms with Crippen LogP contribution in [0.15, 0.2) is 46.1 Å². The molecule has 8 atom stereocenters. The Morgan fingerprint density at radius 1 is 0.429 bits per heavy atom. The molecule has 0 aliphatic carbocycles. The van der Waals surface area contributed by atoms with Crippen molar-refractivity contribution >= 4 is 23.9 Å². The topological polar surface area (TPSA) is 440 Å². The molecule has 0 aromatic carbocycles. The van der Waals surface area contributed by atoms with E-state index in [1.54, 1.807) is 0 Å². The molecule has 4 aliphatic rings. The van der Waals surface area contributed by atoms with Gasteiger partial charge < -0.3 is 101 Å². The summed E-state index contributed by atoms with van der Waals surface area (Å²) in [5.41, 5.74) is 0. The molecule has 0 amide bonds. The standard InChI is InChI=1S/4C6H8O6.Mo/c4*7-1-2(8)5-3(9)4(10)6(11)12-5;/h4*2,5,7-10H,1H2;/q;;;;+4/p-4/t4*2-,5+;/m0000./s1.